The summed E-state index contributed by atoms with van der Waals surface area (Å²) in [5.74, 6) is 0.290. The minimum absolute atomic E-state index is 0.0966. The Morgan fingerprint density at radius 1 is 1.03 bits per heavy atom. The van der Waals surface area contributed by atoms with Crippen molar-refractivity contribution < 1.29 is 13.0 Å². The van der Waals surface area contributed by atoms with E-state index in [1.54, 1.807) is 12.1 Å². The van der Waals surface area contributed by atoms with Gasteiger partial charge in [-0.2, -0.15) is 13.5 Å². The normalized spacial score (nSPS) is 21.4. The molecule has 0 spiro atoms. The zero-order valence-electron chi connectivity index (χ0n) is 18.9. The third kappa shape index (κ3) is 3.91. The summed E-state index contributed by atoms with van der Waals surface area (Å²) in [7, 11) is -4.21. The number of benzene rings is 2. The van der Waals surface area contributed by atoms with Gasteiger partial charge in [-0.1, -0.05) is 42.0 Å². The molecule has 0 bridgehead atoms. The Bertz CT molecular complexity index is 1470. The first-order valence-electron chi connectivity index (χ1n) is 11.7. The molecule has 2 aliphatic rings. The number of para-hydroxylation sites is 2. The van der Waals surface area contributed by atoms with E-state index < -0.39 is 15.4 Å². The maximum absolute atomic E-state index is 12.3. The van der Waals surface area contributed by atoms with Gasteiger partial charge in [0, 0.05) is 17.7 Å². The van der Waals surface area contributed by atoms with E-state index in [-0.39, 0.29) is 12.0 Å². The van der Waals surface area contributed by atoms with E-state index in [1.165, 1.54) is 0 Å². The summed E-state index contributed by atoms with van der Waals surface area (Å²) in [6.45, 7) is 1.96. The summed E-state index contributed by atoms with van der Waals surface area (Å²) in [4.78, 5) is 9.40. The third-order valence-electron chi connectivity index (χ3n) is 7.13. The number of fused-ring (bicyclic) bond motifs is 1. The highest BCUT2D eigenvalue weighted by molar-refractivity contribution is 7.86. The monoisotopic (exact) mass is 474 g/mol. The molecule has 2 aliphatic carbocycles. The van der Waals surface area contributed by atoms with Crippen LogP contribution >= 0.6 is 0 Å². The first-order valence-corrected chi connectivity index (χ1v) is 13.2. The summed E-state index contributed by atoms with van der Waals surface area (Å²) in [5.41, 5.74) is 6.29. The van der Waals surface area contributed by atoms with Gasteiger partial charge in [0.25, 0.3) is 10.1 Å². The highest BCUT2D eigenvalue weighted by Gasteiger charge is 2.43. The summed E-state index contributed by atoms with van der Waals surface area (Å²) in [6, 6.07) is 15.3. The van der Waals surface area contributed by atoms with Crippen LogP contribution in [-0.2, 0) is 10.1 Å². The van der Waals surface area contributed by atoms with Gasteiger partial charge in [0.15, 0.2) is 0 Å². The van der Waals surface area contributed by atoms with Crippen LogP contribution < -0.4 is 0 Å². The van der Waals surface area contributed by atoms with Crippen molar-refractivity contribution >= 4 is 21.2 Å². The number of aromatic nitrogens is 4. The second kappa shape index (κ2) is 7.99. The second-order valence-electron chi connectivity index (χ2n) is 9.66. The molecule has 6 rings (SSSR count). The number of rotatable bonds is 6. The molecular formula is C26H26N4O3S. The molecule has 34 heavy (non-hydrogen) atoms. The fourth-order valence-electron chi connectivity index (χ4n) is 5.07. The minimum atomic E-state index is -4.21. The Hall–Kier alpha value is -3.10. The van der Waals surface area contributed by atoms with Gasteiger partial charge < -0.3 is 0 Å². The zero-order valence-corrected chi connectivity index (χ0v) is 19.7. The summed E-state index contributed by atoms with van der Waals surface area (Å²) in [6.07, 6.45) is 7.39. The SMILES string of the molecule is Cc1ccc(C(C2CC(n3cc(-c4cnc5ccccc5n4)c(C4CC4)n3)C2)S(=O)(=O)O)cc1. The number of aryl methyl sites for hydroxylation is 1. The van der Waals surface area contributed by atoms with Crippen LogP contribution in [0, 0.1) is 12.8 Å². The summed E-state index contributed by atoms with van der Waals surface area (Å²) < 4.78 is 36.5. The van der Waals surface area contributed by atoms with Crippen LogP contribution in [0.2, 0.25) is 0 Å². The molecule has 1 atom stereocenters. The van der Waals surface area contributed by atoms with Crippen LogP contribution in [-0.4, -0.2) is 32.7 Å². The molecule has 2 aromatic heterocycles. The van der Waals surface area contributed by atoms with Crippen molar-refractivity contribution in [3.63, 3.8) is 0 Å². The van der Waals surface area contributed by atoms with Crippen molar-refractivity contribution in [3.05, 3.63) is 77.7 Å². The molecule has 0 amide bonds. The highest BCUT2D eigenvalue weighted by atomic mass is 32.2. The molecule has 8 heteroatoms. The molecule has 2 heterocycles. The molecule has 1 unspecified atom stereocenters. The number of hydrogen-bond donors (Lipinski definition) is 1. The van der Waals surface area contributed by atoms with Gasteiger partial charge in [-0.25, -0.2) is 4.98 Å². The molecule has 7 nitrogen and oxygen atoms in total. The van der Waals surface area contributed by atoms with E-state index in [4.69, 9.17) is 10.1 Å². The van der Waals surface area contributed by atoms with Gasteiger partial charge >= 0.3 is 0 Å². The Balaban J connectivity index is 1.28. The first-order chi connectivity index (χ1) is 16.4. The van der Waals surface area contributed by atoms with E-state index in [2.05, 4.69) is 4.98 Å². The lowest BCUT2D eigenvalue weighted by Crippen LogP contribution is -2.34. The quantitative estimate of drug-likeness (QED) is 0.383. The molecule has 0 radical (unpaired) electrons. The molecule has 0 aliphatic heterocycles. The van der Waals surface area contributed by atoms with Crippen LogP contribution in [0.15, 0.2) is 60.9 Å². The number of nitrogens with zero attached hydrogens (tertiary/aromatic N) is 4. The number of hydrogen-bond acceptors (Lipinski definition) is 5. The Labute approximate surface area is 198 Å². The van der Waals surface area contributed by atoms with Crippen LogP contribution in [0.5, 0.6) is 0 Å². The molecule has 2 fully saturated rings. The first kappa shape index (κ1) is 21.4. The lowest BCUT2D eigenvalue weighted by atomic mass is 9.76. The lowest BCUT2D eigenvalue weighted by molar-refractivity contribution is 0.172. The van der Waals surface area contributed by atoms with Crippen LogP contribution in [0.1, 0.15) is 59.7 Å². The average Bonchev–Trinajstić information content (AvgIpc) is 3.54. The maximum atomic E-state index is 12.3. The molecular weight excluding hydrogens is 448 g/mol. The molecule has 0 saturated heterocycles. The van der Waals surface area contributed by atoms with Crippen molar-refractivity contribution in [3.8, 4) is 11.3 Å². The van der Waals surface area contributed by atoms with Crippen molar-refractivity contribution in [2.45, 2.75) is 49.8 Å². The van der Waals surface area contributed by atoms with Gasteiger partial charge in [-0.05, 0) is 56.2 Å². The standard InChI is InChI=1S/C26H26N4O3S/c1-16-6-8-18(9-7-16)26(34(31,32)33)19-12-20(13-19)30-15-21(25(29-30)17-10-11-17)24-14-27-22-4-2-3-5-23(22)28-24/h2-9,14-15,17,19-20,26H,10-13H2,1H3,(H,31,32,33). The molecule has 2 aromatic carbocycles. The van der Waals surface area contributed by atoms with E-state index in [1.807, 2.05) is 60.4 Å². The fourth-order valence-corrected chi connectivity index (χ4v) is 6.28. The smallest absolute Gasteiger partial charge is 0.272 e. The van der Waals surface area contributed by atoms with Gasteiger partial charge in [0.05, 0.1) is 34.7 Å². The predicted molar refractivity (Wildman–Crippen MR) is 130 cm³/mol. The van der Waals surface area contributed by atoms with Gasteiger partial charge in [-0.3, -0.25) is 14.2 Å². The van der Waals surface area contributed by atoms with Crippen molar-refractivity contribution in [2.24, 2.45) is 5.92 Å². The van der Waals surface area contributed by atoms with Crippen LogP contribution in [0.25, 0.3) is 22.3 Å². The predicted octanol–water partition coefficient (Wildman–Crippen LogP) is 5.26. The van der Waals surface area contributed by atoms with Gasteiger partial charge in [-0.15, -0.1) is 0 Å². The average molecular weight is 475 g/mol. The van der Waals surface area contributed by atoms with E-state index in [0.29, 0.717) is 24.3 Å². The Morgan fingerprint density at radius 3 is 2.41 bits per heavy atom. The Morgan fingerprint density at radius 2 is 1.74 bits per heavy atom. The Kier molecular flexibility index (Phi) is 5.04. The van der Waals surface area contributed by atoms with Crippen LogP contribution in [0.3, 0.4) is 0 Å². The molecule has 4 aromatic rings. The zero-order chi connectivity index (χ0) is 23.4. The largest absolute Gasteiger partial charge is 0.285 e. The van der Waals surface area contributed by atoms with Crippen molar-refractivity contribution in [2.75, 3.05) is 0 Å². The van der Waals surface area contributed by atoms with E-state index >= 15 is 0 Å². The lowest BCUT2D eigenvalue weighted by Gasteiger charge is -2.39. The van der Waals surface area contributed by atoms with Crippen LogP contribution in [0.4, 0.5) is 0 Å². The third-order valence-corrected chi connectivity index (χ3v) is 8.43. The molecule has 2 saturated carbocycles. The molecule has 174 valence electrons. The summed E-state index contributed by atoms with van der Waals surface area (Å²) >= 11 is 0. The van der Waals surface area contributed by atoms with Crippen molar-refractivity contribution in [1.82, 2.24) is 19.7 Å². The summed E-state index contributed by atoms with van der Waals surface area (Å²) in [5, 5.41) is 4.02. The minimum Gasteiger partial charge on any atom is -0.285 e. The topological polar surface area (TPSA) is 98.0 Å². The molecule has 1 N–H and O–H groups in total. The highest BCUT2D eigenvalue weighted by Crippen LogP contribution is 2.49. The fraction of sp³-hybridized carbons (Fsp3) is 0.346. The maximum Gasteiger partial charge on any atom is 0.272 e. The van der Waals surface area contributed by atoms with Gasteiger partial charge in [0.2, 0.25) is 0 Å². The van der Waals surface area contributed by atoms with Gasteiger partial charge in [0.1, 0.15) is 5.25 Å². The van der Waals surface area contributed by atoms with E-state index in [9.17, 15) is 13.0 Å². The van der Waals surface area contributed by atoms with E-state index in [0.717, 1.165) is 46.4 Å². The second-order valence-corrected chi connectivity index (χ2v) is 11.2. The van der Waals surface area contributed by atoms with Crippen molar-refractivity contribution in [1.29, 1.82) is 0 Å².